The van der Waals surface area contributed by atoms with Crippen molar-refractivity contribution in [2.45, 2.75) is 19.9 Å². The van der Waals surface area contributed by atoms with Gasteiger partial charge in [0.1, 0.15) is 0 Å². The van der Waals surface area contributed by atoms with Crippen LogP contribution in [0.4, 0.5) is 5.95 Å². The third-order valence-corrected chi connectivity index (χ3v) is 4.60. The third kappa shape index (κ3) is 5.54. The molecule has 1 amide bonds. The fourth-order valence-corrected chi connectivity index (χ4v) is 3.07. The lowest BCUT2D eigenvalue weighted by Gasteiger charge is -2.20. The molecular formula is C22H23ClN4O. The monoisotopic (exact) mass is 394 g/mol. The molecule has 5 nitrogen and oxygen atoms in total. The third-order valence-electron chi connectivity index (χ3n) is 4.37. The van der Waals surface area contributed by atoms with Gasteiger partial charge in [0, 0.05) is 37.1 Å². The number of benzene rings is 2. The molecule has 0 saturated carbocycles. The first-order valence-corrected chi connectivity index (χ1v) is 9.67. The first kappa shape index (κ1) is 19.8. The van der Waals surface area contributed by atoms with E-state index < -0.39 is 0 Å². The molecule has 144 valence electrons. The summed E-state index contributed by atoms with van der Waals surface area (Å²) in [6.07, 6.45) is 3.96. The first-order valence-electron chi connectivity index (χ1n) is 9.29. The Morgan fingerprint density at radius 3 is 2.43 bits per heavy atom. The summed E-state index contributed by atoms with van der Waals surface area (Å²) in [5, 5.41) is 3.90. The number of nitrogens with one attached hydrogen (secondary N) is 1. The van der Waals surface area contributed by atoms with Crippen LogP contribution in [0.3, 0.4) is 0 Å². The highest BCUT2D eigenvalue weighted by molar-refractivity contribution is 6.30. The number of aromatic nitrogens is 2. The van der Waals surface area contributed by atoms with Crippen molar-refractivity contribution in [2.75, 3.05) is 18.4 Å². The Balaban J connectivity index is 1.55. The number of halogens is 1. The molecule has 2 aromatic carbocycles. The van der Waals surface area contributed by atoms with Crippen LogP contribution < -0.4 is 5.32 Å². The maximum Gasteiger partial charge on any atom is 0.257 e. The zero-order chi connectivity index (χ0) is 19.8. The van der Waals surface area contributed by atoms with Crippen LogP contribution in [-0.4, -0.2) is 33.9 Å². The van der Waals surface area contributed by atoms with E-state index in [2.05, 4.69) is 15.3 Å². The van der Waals surface area contributed by atoms with Crippen LogP contribution in [-0.2, 0) is 13.0 Å². The average Bonchev–Trinajstić information content (AvgIpc) is 2.73. The quantitative estimate of drug-likeness (QED) is 0.613. The van der Waals surface area contributed by atoms with Crippen molar-refractivity contribution in [3.63, 3.8) is 0 Å². The summed E-state index contributed by atoms with van der Waals surface area (Å²) in [5.41, 5.74) is 2.72. The van der Waals surface area contributed by atoms with Crippen LogP contribution in [0.2, 0.25) is 5.02 Å². The van der Waals surface area contributed by atoms with Crippen molar-refractivity contribution in [3.8, 4) is 0 Å². The molecule has 0 atom stereocenters. The lowest BCUT2D eigenvalue weighted by molar-refractivity contribution is 0.0751. The van der Waals surface area contributed by atoms with Gasteiger partial charge in [-0.1, -0.05) is 54.1 Å². The summed E-state index contributed by atoms with van der Waals surface area (Å²) in [6, 6.07) is 17.7. The molecule has 0 aliphatic carbocycles. The fraction of sp³-hybridized carbons (Fsp3) is 0.227. The maximum absolute atomic E-state index is 12.7. The van der Waals surface area contributed by atoms with E-state index in [1.807, 2.05) is 61.5 Å². The number of nitrogens with zero attached hydrogens (tertiary/aromatic N) is 3. The number of amides is 1. The summed E-state index contributed by atoms with van der Waals surface area (Å²) in [4.78, 5) is 23.1. The number of carbonyl (C=O) groups excluding carboxylic acids is 1. The Labute approximate surface area is 170 Å². The van der Waals surface area contributed by atoms with E-state index in [-0.39, 0.29) is 5.91 Å². The van der Waals surface area contributed by atoms with Gasteiger partial charge >= 0.3 is 0 Å². The topological polar surface area (TPSA) is 58.1 Å². The van der Waals surface area contributed by atoms with Gasteiger partial charge in [-0.25, -0.2) is 9.97 Å². The largest absolute Gasteiger partial charge is 0.354 e. The van der Waals surface area contributed by atoms with Crippen LogP contribution in [0.25, 0.3) is 0 Å². The van der Waals surface area contributed by atoms with E-state index >= 15 is 0 Å². The molecule has 0 saturated heterocycles. The van der Waals surface area contributed by atoms with Crippen LogP contribution in [0.5, 0.6) is 0 Å². The summed E-state index contributed by atoms with van der Waals surface area (Å²) >= 11 is 6.00. The average molecular weight is 395 g/mol. The molecule has 0 spiro atoms. The van der Waals surface area contributed by atoms with Crippen molar-refractivity contribution < 1.29 is 4.79 Å². The Morgan fingerprint density at radius 1 is 1.04 bits per heavy atom. The highest BCUT2D eigenvalue weighted by Crippen LogP contribution is 2.12. The first-order chi connectivity index (χ1) is 13.7. The molecule has 3 aromatic rings. The number of hydrogen-bond acceptors (Lipinski definition) is 4. The van der Waals surface area contributed by atoms with Crippen LogP contribution in [0.1, 0.15) is 28.4 Å². The molecular weight excluding hydrogens is 372 g/mol. The van der Waals surface area contributed by atoms with Gasteiger partial charge < -0.3 is 10.2 Å². The summed E-state index contributed by atoms with van der Waals surface area (Å²) in [6.45, 7) is 3.83. The van der Waals surface area contributed by atoms with Gasteiger partial charge in [0.25, 0.3) is 5.91 Å². The Morgan fingerprint density at radius 2 is 1.75 bits per heavy atom. The SMILES string of the molecule is CCN(Cc1ccccc1)C(=O)c1cnc(NCCc2cccc(Cl)c2)nc1. The zero-order valence-corrected chi connectivity index (χ0v) is 16.6. The predicted molar refractivity (Wildman–Crippen MR) is 113 cm³/mol. The van der Waals surface area contributed by atoms with Crippen LogP contribution >= 0.6 is 11.6 Å². The summed E-state index contributed by atoms with van der Waals surface area (Å²) in [7, 11) is 0. The summed E-state index contributed by atoms with van der Waals surface area (Å²) < 4.78 is 0. The van der Waals surface area contributed by atoms with Crippen molar-refractivity contribution in [1.82, 2.24) is 14.9 Å². The normalized spacial score (nSPS) is 10.5. The number of rotatable bonds is 8. The molecule has 1 heterocycles. The van der Waals surface area contributed by atoms with Gasteiger partial charge in [-0.15, -0.1) is 0 Å². The molecule has 1 N–H and O–H groups in total. The second-order valence-electron chi connectivity index (χ2n) is 6.41. The van der Waals surface area contributed by atoms with Gasteiger partial charge in [-0.2, -0.15) is 0 Å². The molecule has 0 radical (unpaired) electrons. The van der Waals surface area contributed by atoms with Gasteiger partial charge in [0.15, 0.2) is 0 Å². The van der Waals surface area contributed by atoms with Crippen molar-refractivity contribution in [3.05, 3.63) is 88.7 Å². The van der Waals surface area contributed by atoms with Crippen molar-refractivity contribution in [2.24, 2.45) is 0 Å². The smallest absolute Gasteiger partial charge is 0.257 e. The van der Waals surface area contributed by atoms with E-state index in [9.17, 15) is 4.79 Å². The lowest BCUT2D eigenvalue weighted by atomic mass is 10.1. The number of carbonyl (C=O) groups is 1. The van der Waals surface area contributed by atoms with Crippen molar-refractivity contribution in [1.29, 1.82) is 0 Å². The minimum absolute atomic E-state index is 0.0724. The number of anilines is 1. The second kappa shape index (κ2) is 9.85. The highest BCUT2D eigenvalue weighted by atomic mass is 35.5. The van der Waals surface area contributed by atoms with E-state index in [4.69, 9.17) is 11.6 Å². The highest BCUT2D eigenvalue weighted by Gasteiger charge is 2.15. The minimum atomic E-state index is -0.0724. The Hall–Kier alpha value is -2.92. The van der Waals surface area contributed by atoms with Gasteiger partial charge in [0.05, 0.1) is 5.56 Å². The number of hydrogen-bond donors (Lipinski definition) is 1. The molecule has 0 fully saturated rings. The molecule has 6 heteroatoms. The molecule has 0 aliphatic heterocycles. The molecule has 3 rings (SSSR count). The molecule has 1 aromatic heterocycles. The van der Waals surface area contributed by atoms with Crippen molar-refractivity contribution >= 4 is 23.5 Å². The van der Waals surface area contributed by atoms with Gasteiger partial charge in [-0.3, -0.25) is 4.79 Å². The second-order valence-corrected chi connectivity index (χ2v) is 6.84. The maximum atomic E-state index is 12.7. The standard InChI is InChI=1S/C22H23ClN4O/c1-2-27(16-18-7-4-3-5-8-18)21(28)19-14-25-22(26-15-19)24-12-11-17-9-6-10-20(23)13-17/h3-10,13-15H,2,11-12,16H2,1H3,(H,24,25,26). The van der Waals surface area contributed by atoms with E-state index in [1.165, 1.54) is 0 Å². The van der Waals surface area contributed by atoms with Gasteiger partial charge in [-0.05, 0) is 36.6 Å². The van der Waals surface area contributed by atoms with Gasteiger partial charge in [0.2, 0.25) is 5.95 Å². The van der Waals surface area contributed by atoms with Crippen LogP contribution in [0, 0.1) is 0 Å². The minimum Gasteiger partial charge on any atom is -0.354 e. The Kier molecular flexibility index (Phi) is 6.98. The van der Waals surface area contributed by atoms with E-state index in [1.54, 1.807) is 17.3 Å². The molecule has 0 aliphatic rings. The molecule has 0 bridgehead atoms. The fourth-order valence-electron chi connectivity index (χ4n) is 2.85. The molecule has 0 unspecified atom stereocenters. The lowest BCUT2D eigenvalue weighted by Crippen LogP contribution is -2.30. The molecule has 28 heavy (non-hydrogen) atoms. The van der Waals surface area contributed by atoms with E-state index in [0.29, 0.717) is 31.1 Å². The predicted octanol–water partition coefficient (Wildman–Crippen LogP) is 4.45. The van der Waals surface area contributed by atoms with E-state index in [0.717, 1.165) is 22.6 Å². The summed E-state index contributed by atoms with van der Waals surface area (Å²) in [5.74, 6) is 0.432. The van der Waals surface area contributed by atoms with Crippen LogP contribution in [0.15, 0.2) is 67.0 Å². The Bertz CT molecular complexity index is 900. The zero-order valence-electron chi connectivity index (χ0n) is 15.8.